The predicted octanol–water partition coefficient (Wildman–Crippen LogP) is 1.09. The van der Waals surface area contributed by atoms with E-state index in [1.165, 1.54) is 44.0 Å². The number of nitrogens with two attached hydrogens (primary N) is 1. The fraction of sp³-hybridized carbons (Fsp3) is 1.00. The monoisotopic (exact) mass is 257 g/mol. The molecule has 0 aromatic carbocycles. The van der Waals surface area contributed by atoms with E-state index >= 15 is 0 Å². The van der Waals surface area contributed by atoms with Crippen LogP contribution in [0.4, 0.5) is 0 Å². The molecule has 0 bridgehead atoms. The molecule has 2 saturated heterocycles. The van der Waals surface area contributed by atoms with Crippen molar-refractivity contribution in [1.29, 1.82) is 0 Å². The van der Waals surface area contributed by atoms with Crippen molar-refractivity contribution >= 4 is 11.8 Å². The summed E-state index contributed by atoms with van der Waals surface area (Å²) in [6.07, 6.45) is 2.62. The first-order chi connectivity index (χ1) is 8.26. The number of rotatable bonds is 4. The van der Waals surface area contributed by atoms with Crippen LogP contribution in [-0.4, -0.2) is 66.6 Å². The summed E-state index contributed by atoms with van der Waals surface area (Å²) >= 11 is 2.10. The molecule has 0 spiro atoms. The van der Waals surface area contributed by atoms with Crippen molar-refractivity contribution in [2.24, 2.45) is 11.7 Å². The summed E-state index contributed by atoms with van der Waals surface area (Å²) in [7, 11) is 2.26. The molecule has 0 aromatic heterocycles. The standard InChI is InChI=1S/C13H27N3S/c1-3-12-9-16(6-5-15(12)2)13(8-14)11-4-7-17-10-11/h11-13H,3-10,14H2,1-2H3. The van der Waals surface area contributed by atoms with Gasteiger partial charge in [-0.2, -0.15) is 11.8 Å². The van der Waals surface area contributed by atoms with E-state index in [1.54, 1.807) is 0 Å². The van der Waals surface area contributed by atoms with E-state index in [0.29, 0.717) is 6.04 Å². The van der Waals surface area contributed by atoms with Gasteiger partial charge in [0.1, 0.15) is 0 Å². The molecule has 2 aliphatic rings. The highest BCUT2D eigenvalue weighted by molar-refractivity contribution is 7.99. The summed E-state index contributed by atoms with van der Waals surface area (Å²) < 4.78 is 0. The molecule has 2 N–H and O–H groups in total. The highest BCUT2D eigenvalue weighted by Gasteiger charge is 2.33. The first-order valence-electron chi connectivity index (χ1n) is 6.98. The summed E-state index contributed by atoms with van der Waals surface area (Å²) in [4.78, 5) is 5.18. The molecule has 0 aromatic rings. The lowest BCUT2D eigenvalue weighted by atomic mass is 9.95. The topological polar surface area (TPSA) is 32.5 Å². The van der Waals surface area contributed by atoms with Gasteiger partial charge in [0.2, 0.25) is 0 Å². The van der Waals surface area contributed by atoms with E-state index < -0.39 is 0 Å². The lowest BCUT2D eigenvalue weighted by molar-refractivity contribution is 0.0480. The van der Waals surface area contributed by atoms with Gasteiger partial charge in [0.15, 0.2) is 0 Å². The molecule has 3 nitrogen and oxygen atoms in total. The van der Waals surface area contributed by atoms with Gasteiger partial charge in [-0.3, -0.25) is 4.90 Å². The highest BCUT2D eigenvalue weighted by Crippen LogP contribution is 2.29. The minimum atomic E-state index is 0.632. The van der Waals surface area contributed by atoms with Crippen molar-refractivity contribution in [2.45, 2.75) is 31.8 Å². The van der Waals surface area contributed by atoms with Crippen LogP contribution >= 0.6 is 11.8 Å². The van der Waals surface area contributed by atoms with Crippen LogP contribution in [0.2, 0.25) is 0 Å². The Hall–Kier alpha value is 0.230. The highest BCUT2D eigenvalue weighted by atomic mass is 32.2. The maximum Gasteiger partial charge on any atom is 0.0255 e. The largest absolute Gasteiger partial charge is 0.329 e. The van der Waals surface area contributed by atoms with E-state index in [9.17, 15) is 0 Å². The molecular weight excluding hydrogens is 230 g/mol. The van der Waals surface area contributed by atoms with Gasteiger partial charge in [-0.1, -0.05) is 6.92 Å². The maximum atomic E-state index is 6.04. The lowest BCUT2D eigenvalue weighted by Crippen LogP contribution is -2.57. The Morgan fingerprint density at radius 1 is 1.41 bits per heavy atom. The zero-order valence-corrected chi connectivity index (χ0v) is 12.1. The summed E-state index contributed by atoms with van der Waals surface area (Å²) in [5.41, 5.74) is 6.04. The minimum Gasteiger partial charge on any atom is -0.329 e. The van der Waals surface area contributed by atoms with Crippen molar-refractivity contribution in [3.8, 4) is 0 Å². The van der Waals surface area contributed by atoms with Crippen LogP contribution < -0.4 is 5.73 Å². The smallest absolute Gasteiger partial charge is 0.0255 e. The molecule has 2 aliphatic heterocycles. The van der Waals surface area contributed by atoms with Crippen molar-refractivity contribution in [2.75, 3.05) is 44.7 Å². The van der Waals surface area contributed by atoms with Crippen LogP contribution in [0.25, 0.3) is 0 Å². The van der Waals surface area contributed by atoms with Crippen LogP contribution in [0.1, 0.15) is 19.8 Å². The van der Waals surface area contributed by atoms with Crippen LogP contribution in [0, 0.1) is 5.92 Å². The molecular formula is C13H27N3S. The Balaban J connectivity index is 1.94. The van der Waals surface area contributed by atoms with E-state index in [-0.39, 0.29) is 0 Å². The van der Waals surface area contributed by atoms with Crippen molar-refractivity contribution < 1.29 is 0 Å². The van der Waals surface area contributed by atoms with Gasteiger partial charge in [0, 0.05) is 38.3 Å². The third-order valence-corrected chi connectivity index (χ3v) is 5.69. The third-order valence-electron chi connectivity index (χ3n) is 4.50. The fourth-order valence-electron chi connectivity index (χ4n) is 3.21. The summed E-state index contributed by atoms with van der Waals surface area (Å²) in [6.45, 7) is 6.76. The first-order valence-corrected chi connectivity index (χ1v) is 8.13. The molecule has 3 unspecified atom stereocenters. The van der Waals surface area contributed by atoms with Gasteiger partial charge in [-0.05, 0) is 37.3 Å². The SMILES string of the molecule is CCC1CN(C(CN)C2CCSC2)CCN1C. The second kappa shape index (κ2) is 6.41. The minimum absolute atomic E-state index is 0.632. The average molecular weight is 257 g/mol. The summed E-state index contributed by atoms with van der Waals surface area (Å²) in [5.74, 6) is 3.50. The van der Waals surface area contributed by atoms with E-state index in [1.807, 2.05) is 0 Å². The zero-order valence-electron chi connectivity index (χ0n) is 11.3. The summed E-state index contributed by atoms with van der Waals surface area (Å²) in [5, 5.41) is 0. The van der Waals surface area contributed by atoms with Crippen LogP contribution in [0.5, 0.6) is 0 Å². The number of hydrogen-bond donors (Lipinski definition) is 1. The van der Waals surface area contributed by atoms with Crippen LogP contribution in [0.15, 0.2) is 0 Å². The number of nitrogens with zero attached hydrogens (tertiary/aromatic N) is 2. The quantitative estimate of drug-likeness (QED) is 0.817. The number of hydrogen-bond acceptors (Lipinski definition) is 4. The Labute approximate surface area is 110 Å². The van der Waals surface area contributed by atoms with E-state index in [4.69, 9.17) is 5.73 Å². The molecule has 0 radical (unpaired) electrons. The molecule has 2 fully saturated rings. The summed E-state index contributed by atoms with van der Waals surface area (Å²) in [6, 6.07) is 1.36. The van der Waals surface area contributed by atoms with Crippen molar-refractivity contribution in [1.82, 2.24) is 9.80 Å². The van der Waals surface area contributed by atoms with Crippen LogP contribution in [0.3, 0.4) is 0 Å². The molecule has 2 heterocycles. The van der Waals surface area contributed by atoms with Crippen LogP contribution in [-0.2, 0) is 0 Å². The van der Waals surface area contributed by atoms with Gasteiger partial charge in [0.05, 0.1) is 0 Å². The first kappa shape index (κ1) is 13.7. The number of likely N-dealkylation sites (N-methyl/N-ethyl adjacent to an activating group) is 1. The molecule has 4 heteroatoms. The lowest BCUT2D eigenvalue weighted by Gasteiger charge is -2.44. The average Bonchev–Trinajstić information content (AvgIpc) is 2.86. The van der Waals surface area contributed by atoms with Gasteiger partial charge in [-0.15, -0.1) is 0 Å². The third kappa shape index (κ3) is 3.16. The Morgan fingerprint density at radius 2 is 2.24 bits per heavy atom. The molecule has 2 rings (SSSR count). The van der Waals surface area contributed by atoms with Gasteiger partial charge >= 0.3 is 0 Å². The molecule has 100 valence electrons. The van der Waals surface area contributed by atoms with Gasteiger partial charge < -0.3 is 10.6 Å². The van der Waals surface area contributed by atoms with Gasteiger partial charge in [-0.25, -0.2) is 0 Å². The van der Waals surface area contributed by atoms with Crippen molar-refractivity contribution in [3.63, 3.8) is 0 Å². The Kier molecular flexibility index (Phi) is 5.15. The molecule has 0 saturated carbocycles. The zero-order chi connectivity index (χ0) is 12.3. The van der Waals surface area contributed by atoms with Crippen molar-refractivity contribution in [3.05, 3.63) is 0 Å². The molecule has 0 amide bonds. The van der Waals surface area contributed by atoms with E-state index in [2.05, 4.69) is 35.5 Å². The molecule has 0 aliphatic carbocycles. The predicted molar refractivity (Wildman–Crippen MR) is 76.6 cm³/mol. The number of thioether (sulfide) groups is 1. The molecule has 17 heavy (non-hydrogen) atoms. The second-order valence-corrected chi connectivity index (χ2v) is 6.61. The number of piperazine rings is 1. The Bertz CT molecular complexity index is 231. The normalized spacial score (nSPS) is 34.1. The maximum absolute atomic E-state index is 6.04. The van der Waals surface area contributed by atoms with Gasteiger partial charge in [0.25, 0.3) is 0 Å². The Morgan fingerprint density at radius 3 is 2.82 bits per heavy atom. The van der Waals surface area contributed by atoms with E-state index in [0.717, 1.165) is 18.5 Å². The second-order valence-electron chi connectivity index (χ2n) is 5.46. The fourth-order valence-corrected chi connectivity index (χ4v) is 4.54. The molecule has 3 atom stereocenters.